The van der Waals surface area contributed by atoms with Crippen LogP contribution in [0.15, 0.2) is 12.7 Å². The van der Waals surface area contributed by atoms with Crippen LogP contribution in [0.3, 0.4) is 0 Å². The Kier molecular flexibility index (Phi) is 9.11. The summed E-state index contributed by atoms with van der Waals surface area (Å²) in [5, 5.41) is 0. The van der Waals surface area contributed by atoms with E-state index in [1.165, 1.54) is 6.08 Å². The van der Waals surface area contributed by atoms with Gasteiger partial charge >= 0.3 is 5.97 Å². The highest BCUT2D eigenvalue weighted by molar-refractivity contribution is 5.86. The topological polar surface area (TPSA) is 46.6 Å². The van der Waals surface area contributed by atoms with Gasteiger partial charge in [-0.3, -0.25) is 9.59 Å². The van der Waals surface area contributed by atoms with E-state index in [0.717, 1.165) is 19.4 Å². The second kappa shape index (κ2) is 9.87. The van der Waals surface area contributed by atoms with Crippen LogP contribution in [-0.2, 0) is 14.3 Å². The number of carbonyl (C=O) groups is 2. The number of esters is 1. The molecule has 0 aromatic heterocycles. The second-order valence-corrected chi connectivity index (χ2v) is 3.81. The molecule has 0 heterocycles. The van der Waals surface area contributed by atoms with Crippen molar-refractivity contribution in [1.82, 2.24) is 4.90 Å². The van der Waals surface area contributed by atoms with Crippen LogP contribution in [0.1, 0.15) is 39.5 Å². The van der Waals surface area contributed by atoms with Crippen molar-refractivity contribution in [3.8, 4) is 0 Å². The van der Waals surface area contributed by atoms with Crippen LogP contribution in [0.5, 0.6) is 0 Å². The van der Waals surface area contributed by atoms with E-state index in [1.807, 2.05) is 0 Å². The van der Waals surface area contributed by atoms with Gasteiger partial charge in [0.1, 0.15) is 0 Å². The Morgan fingerprint density at radius 3 is 2.41 bits per heavy atom. The lowest BCUT2D eigenvalue weighted by Gasteiger charge is -2.20. The SMILES string of the molecule is C=CC(=O)N(CCCC)CCCOC(=O)CC. The maximum Gasteiger partial charge on any atom is 0.305 e. The van der Waals surface area contributed by atoms with E-state index in [-0.39, 0.29) is 11.9 Å². The molecule has 0 bridgehead atoms. The fraction of sp³-hybridized carbons (Fsp3) is 0.692. The fourth-order valence-electron chi connectivity index (χ4n) is 1.35. The van der Waals surface area contributed by atoms with Crippen LogP contribution in [0, 0.1) is 0 Å². The Labute approximate surface area is 104 Å². The van der Waals surface area contributed by atoms with Crippen molar-refractivity contribution in [2.45, 2.75) is 39.5 Å². The van der Waals surface area contributed by atoms with Gasteiger partial charge in [0.2, 0.25) is 5.91 Å². The van der Waals surface area contributed by atoms with Crippen LogP contribution < -0.4 is 0 Å². The van der Waals surface area contributed by atoms with Crippen LogP contribution in [0.2, 0.25) is 0 Å². The summed E-state index contributed by atoms with van der Waals surface area (Å²) in [6.45, 7) is 9.05. The molecule has 0 aliphatic carbocycles. The maximum absolute atomic E-state index is 11.5. The van der Waals surface area contributed by atoms with Gasteiger partial charge < -0.3 is 9.64 Å². The summed E-state index contributed by atoms with van der Waals surface area (Å²) in [6, 6.07) is 0. The van der Waals surface area contributed by atoms with Gasteiger partial charge in [-0.25, -0.2) is 0 Å². The predicted octanol–water partition coefficient (Wildman–Crippen LogP) is 2.14. The molecule has 0 N–H and O–H groups in total. The van der Waals surface area contributed by atoms with Gasteiger partial charge in [-0.2, -0.15) is 0 Å². The minimum absolute atomic E-state index is 0.0553. The van der Waals surface area contributed by atoms with Gasteiger partial charge in [-0.05, 0) is 18.9 Å². The van der Waals surface area contributed by atoms with E-state index in [0.29, 0.717) is 26.0 Å². The molecule has 4 nitrogen and oxygen atoms in total. The first-order valence-corrected chi connectivity index (χ1v) is 6.22. The van der Waals surface area contributed by atoms with Crippen molar-refractivity contribution in [2.75, 3.05) is 19.7 Å². The van der Waals surface area contributed by atoms with Crippen LogP contribution in [0.4, 0.5) is 0 Å². The summed E-state index contributed by atoms with van der Waals surface area (Å²) in [7, 11) is 0. The summed E-state index contributed by atoms with van der Waals surface area (Å²) in [5.41, 5.74) is 0. The maximum atomic E-state index is 11.5. The molecular formula is C13H23NO3. The van der Waals surface area contributed by atoms with Crippen LogP contribution >= 0.6 is 0 Å². The first kappa shape index (κ1) is 15.7. The third kappa shape index (κ3) is 7.55. The Balaban J connectivity index is 3.86. The monoisotopic (exact) mass is 241 g/mol. The predicted molar refractivity (Wildman–Crippen MR) is 67.6 cm³/mol. The van der Waals surface area contributed by atoms with Crippen molar-refractivity contribution in [1.29, 1.82) is 0 Å². The molecule has 0 fully saturated rings. The highest BCUT2D eigenvalue weighted by Crippen LogP contribution is 1.99. The molecule has 0 saturated heterocycles. The van der Waals surface area contributed by atoms with Crippen LogP contribution in [0.25, 0.3) is 0 Å². The first-order chi connectivity index (χ1) is 8.15. The zero-order valence-corrected chi connectivity index (χ0v) is 10.9. The quantitative estimate of drug-likeness (QED) is 0.353. The van der Waals surface area contributed by atoms with Crippen LogP contribution in [-0.4, -0.2) is 36.5 Å². The van der Waals surface area contributed by atoms with Gasteiger partial charge in [0, 0.05) is 19.5 Å². The van der Waals surface area contributed by atoms with Gasteiger partial charge in [0.05, 0.1) is 6.61 Å². The van der Waals surface area contributed by atoms with Crippen molar-refractivity contribution >= 4 is 11.9 Å². The number of ether oxygens (including phenoxy) is 1. The van der Waals surface area contributed by atoms with Crippen molar-refractivity contribution in [3.63, 3.8) is 0 Å². The largest absolute Gasteiger partial charge is 0.466 e. The Morgan fingerprint density at radius 1 is 1.24 bits per heavy atom. The molecule has 0 aromatic rings. The van der Waals surface area contributed by atoms with Crippen molar-refractivity contribution < 1.29 is 14.3 Å². The third-order valence-corrected chi connectivity index (χ3v) is 2.39. The number of nitrogens with zero attached hydrogens (tertiary/aromatic N) is 1. The molecule has 4 heteroatoms. The standard InChI is InChI=1S/C13H23NO3/c1-4-7-9-14(12(15)5-2)10-8-11-17-13(16)6-3/h5H,2,4,6-11H2,1,3H3. The molecule has 1 amide bonds. The van der Waals surface area contributed by atoms with E-state index in [9.17, 15) is 9.59 Å². The lowest BCUT2D eigenvalue weighted by molar-refractivity contribution is -0.143. The molecule has 0 spiro atoms. The Hall–Kier alpha value is -1.32. The molecule has 0 saturated carbocycles. The molecule has 0 atom stereocenters. The van der Waals surface area contributed by atoms with E-state index in [1.54, 1.807) is 11.8 Å². The fourth-order valence-corrected chi connectivity index (χ4v) is 1.35. The number of rotatable bonds is 9. The summed E-state index contributed by atoms with van der Waals surface area (Å²) in [5.74, 6) is -0.250. The molecule has 98 valence electrons. The molecular weight excluding hydrogens is 218 g/mol. The normalized spacial score (nSPS) is 9.76. The summed E-state index contributed by atoms with van der Waals surface area (Å²) >= 11 is 0. The zero-order chi connectivity index (χ0) is 13.1. The van der Waals surface area contributed by atoms with Crippen molar-refractivity contribution in [3.05, 3.63) is 12.7 Å². The van der Waals surface area contributed by atoms with Gasteiger partial charge in [-0.1, -0.05) is 26.8 Å². The molecule has 0 aromatic carbocycles. The van der Waals surface area contributed by atoms with Gasteiger partial charge in [-0.15, -0.1) is 0 Å². The highest BCUT2D eigenvalue weighted by Gasteiger charge is 2.09. The molecule has 0 rings (SSSR count). The highest BCUT2D eigenvalue weighted by atomic mass is 16.5. The van der Waals surface area contributed by atoms with E-state index in [4.69, 9.17) is 4.74 Å². The van der Waals surface area contributed by atoms with E-state index in [2.05, 4.69) is 13.5 Å². The molecule has 0 radical (unpaired) electrons. The van der Waals surface area contributed by atoms with Crippen molar-refractivity contribution in [2.24, 2.45) is 0 Å². The number of carbonyl (C=O) groups excluding carboxylic acids is 2. The second-order valence-electron chi connectivity index (χ2n) is 3.81. The average Bonchev–Trinajstić information content (AvgIpc) is 2.36. The average molecular weight is 241 g/mol. The third-order valence-electron chi connectivity index (χ3n) is 2.39. The minimum Gasteiger partial charge on any atom is -0.466 e. The first-order valence-electron chi connectivity index (χ1n) is 6.22. The Bertz CT molecular complexity index is 251. The molecule has 17 heavy (non-hydrogen) atoms. The molecule has 0 unspecified atom stereocenters. The number of hydrogen-bond acceptors (Lipinski definition) is 3. The smallest absolute Gasteiger partial charge is 0.305 e. The number of amides is 1. The summed E-state index contributed by atoms with van der Waals surface area (Å²) in [4.78, 5) is 24.1. The minimum atomic E-state index is -0.194. The van der Waals surface area contributed by atoms with Gasteiger partial charge in [0.25, 0.3) is 0 Å². The number of unbranched alkanes of at least 4 members (excludes halogenated alkanes) is 1. The summed E-state index contributed by atoms with van der Waals surface area (Å²) < 4.78 is 4.96. The lowest BCUT2D eigenvalue weighted by Crippen LogP contribution is -2.32. The number of hydrogen-bond donors (Lipinski definition) is 0. The summed E-state index contributed by atoms with van der Waals surface area (Å²) in [6.07, 6.45) is 4.42. The van der Waals surface area contributed by atoms with Gasteiger partial charge in [0.15, 0.2) is 0 Å². The molecule has 0 aliphatic heterocycles. The van der Waals surface area contributed by atoms with E-state index < -0.39 is 0 Å². The zero-order valence-electron chi connectivity index (χ0n) is 10.9. The molecule has 0 aliphatic rings. The van der Waals surface area contributed by atoms with E-state index >= 15 is 0 Å². The Morgan fingerprint density at radius 2 is 1.88 bits per heavy atom. The lowest BCUT2D eigenvalue weighted by atomic mass is 10.3.